The van der Waals surface area contributed by atoms with Gasteiger partial charge >= 0.3 is 0 Å². The fourth-order valence-electron chi connectivity index (χ4n) is 7.73. The van der Waals surface area contributed by atoms with Crippen LogP contribution in [0.2, 0.25) is 0 Å². The van der Waals surface area contributed by atoms with E-state index in [-0.39, 0.29) is 58.2 Å². The smallest absolute Gasteiger partial charge is 0.269 e. The highest BCUT2D eigenvalue weighted by Crippen LogP contribution is 2.44. The summed E-state index contributed by atoms with van der Waals surface area (Å²) in [4.78, 5) is 50.1. The zero-order valence-corrected chi connectivity index (χ0v) is 32.2. The number of benzene rings is 4. The van der Waals surface area contributed by atoms with Crippen molar-refractivity contribution in [1.29, 1.82) is 0 Å². The van der Waals surface area contributed by atoms with Crippen LogP contribution < -0.4 is 26.8 Å². The predicted molar refractivity (Wildman–Crippen MR) is 212 cm³/mol. The second kappa shape index (κ2) is 14.2. The highest BCUT2D eigenvalue weighted by molar-refractivity contribution is 6.17. The highest BCUT2D eigenvalue weighted by Gasteiger charge is 2.32. The Morgan fingerprint density at radius 1 is 0.673 bits per heavy atom. The Labute approximate surface area is 305 Å². The second-order valence-corrected chi connectivity index (χ2v) is 15.1. The molecule has 3 aromatic carbocycles. The lowest BCUT2D eigenvalue weighted by atomic mass is 9.88. The van der Waals surface area contributed by atoms with Gasteiger partial charge in [0.15, 0.2) is 0 Å². The second-order valence-electron chi connectivity index (χ2n) is 15.1. The molecule has 0 radical (unpaired) electrons. The van der Waals surface area contributed by atoms with Crippen molar-refractivity contribution < 1.29 is 9.84 Å². The summed E-state index contributed by atoms with van der Waals surface area (Å²) >= 11 is 0. The van der Waals surface area contributed by atoms with Crippen molar-refractivity contribution in [3.8, 4) is 34.1 Å². The number of rotatable bonds is 11. The number of hydrogen-bond donors (Lipinski definition) is 1. The van der Waals surface area contributed by atoms with Crippen molar-refractivity contribution in [3.63, 3.8) is 0 Å². The third kappa shape index (κ3) is 5.76. The molecule has 0 saturated carbocycles. The average Bonchev–Trinajstić information content (AvgIpc) is 3.09. The third-order valence-corrected chi connectivity index (χ3v) is 10.3. The monoisotopic (exact) mass is 701 g/mol. The lowest BCUT2D eigenvalue weighted by Crippen LogP contribution is -2.37. The minimum absolute atomic E-state index is 0.0247. The number of nitrogens with zero attached hydrogens (tertiary/aromatic N) is 3. The Kier molecular flexibility index (Phi) is 10.1. The maximum absolute atomic E-state index is 15.1. The van der Waals surface area contributed by atoms with E-state index in [1.54, 1.807) is 12.1 Å². The molecular weight excluding hydrogens is 651 g/mol. The number of ether oxygens (including phenoxy) is 1. The number of aromatic nitrogens is 2. The van der Waals surface area contributed by atoms with Crippen molar-refractivity contribution >= 4 is 21.5 Å². The number of pyridine rings is 2. The summed E-state index contributed by atoms with van der Waals surface area (Å²) in [5.74, 6) is 0.110. The molecule has 1 N–H and O–H groups in total. The molecule has 2 aliphatic rings. The van der Waals surface area contributed by atoms with Gasteiger partial charge in [-0.1, -0.05) is 105 Å². The number of para-hydroxylation sites is 2. The van der Waals surface area contributed by atoms with Crippen molar-refractivity contribution in [2.45, 2.75) is 106 Å². The van der Waals surface area contributed by atoms with E-state index in [4.69, 9.17) is 9.73 Å². The Morgan fingerprint density at radius 3 is 1.65 bits per heavy atom. The molecular formula is C44H51N3O5. The topological polar surface area (TPSA) is 103 Å². The summed E-state index contributed by atoms with van der Waals surface area (Å²) in [6.45, 7) is 21.1. The number of aromatic hydroxyl groups is 1. The lowest BCUT2D eigenvalue weighted by Gasteiger charge is -2.26. The summed E-state index contributed by atoms with van der Waals surface area (Å²) in [5, 5.41) is 13.8. The van der Waals surface area contributed by atoms with Gasteiger partial charge in [0, 0.05) is 22.9 Å². The molecule has 1 aromatic heterocycles. The largest absolute Gasteiger partial charge is 0.494 e. The predicted octanol–water partition coefficient (Wildman–Crippen LogP) is 8.93. The lowest BCUT2D eigenvalue weighted by molar-refractivity contribution is 0.344. The molecule has 0 unspecified atom stereocenters. The first-order valence-electron chi connectivity index (χ1n) is 18.8. The van der Waals surface area contributed by atoms with Gasteiger partial charge in [0.2, 0.25) is 5.88 Å². The molecule has 1 aliphatic carbocycles. The van der Waals surface area contributed by atoms with Crippen LogP contribution in [0.5, 0.6) is 11.6 Å². The fourth-order valence-corrected chi connectivity index (χ4v) is 7.73. The van der Waals surface area contributed by atoms with Gasteiger partial charge in [0.1, 0.15) is 5.75 Å². The molecule has 52 heavy (non-hydrogen) atoms. The van der Waals surface area contributed by atoms with Crippen LogP contribution in [0.25, 0.3) is 44.0 Å². The molecule has 8 nitrogen and oxygen atoms in total. The van der Waals surface area contributed by atoms with Crippen LogP contribution in [0.4, 0.5) is 0 Å². The first kappa shape index (κ1) is 36.8. The van der Waals surface area contributed by atoms with Gasteiger partial charge < -0.3 is 9.84 Å². The highest BCUT2D eigenvalue weighted by atomic mass is 16.5. The van der Waals surface area contributed by atoms with Crippen LogP contribution in [0.3, 0.4) is 0 Å². The number of hydrogen-bond acceptors (Lipinski definition) is 6. The maximum atomic E-state index is 15.1. The Morgan fingerprint density at radius 2 is 1.17 bits per heavy atom. The molecule has 0 saturated heterocycles. The summed E-state index contributed by atoms with van der Waals surface area (Å²) in [6.07, 6.45) is 1.68. The van der Waals surface area contributed by atoms with E-state index in [9.17, 15) is 9.90 Å². The van der Waals surface area contributed by atoms with Crippen molar-refractivity contribution in [2.75, 3.05) is 13.2 Å². The fraction of sp³-hybridized carbons (Fsp3) is 0.409. The molecule has 8 heteroatoms. The molecule has 4 aromatic rings. The van der Waals surface area contributed by atoms with Gasteiger partial charge in [-0.3, -0.25) is 19.4 Å². The van der Waals surface area contributed by atoms with E-state index in [1.807, 2.05) is 43.3 Å². The van der Waals surface area contributed by atoms with Crippen LogP contribution in [-0.4, -0.2) is 27.4 Å². The van der Waals surface area contributed by atoms with E-state index in [0.29, 0.717) is 39.6 Å². The standard InChI is InChI=1S/C44H51N3O5/c1-11-13-20-45-33-21-31-36-35-32(42(49)46(43(50)37(33)35)39-27(23(3)4)16-14-17-28(39)24(5)6)22-34(52-12-2)38(36)44(51)47(41(31)48)40-29(25(7)8)18-15-19-30(40)26(9)10/h14-19,21-26,49H,11-13,20H2,1-10H3. The Hall–Kier alpha value is -4.98. The third-order valence-electron chi connectivity index (χ3n) is 10.3. The maximum Gasteiger partial charge on any atom is 0.269 e. The Bertz CT molecular complexity index is 2450. The van der Waals surface area contributed by atoms with Crippen LogP contribution >= 0.6 is 0 Å². The van der Waals surface area contributed by atoms with Crippen LogP contribution in [0.1, 0.15) is 128 Å². The van der Waals surface area contributed by atoms with Gasteiger partial charge in [-0.25, -0.2) is 9.13 Å². The molecule has 2 heterocycles. The molecule has 0 fully saturated rings. The Balaban J connectivity index is 1.93. The van der Waals surface area contributed by atoms with E-state index in [1.165, 1.54) is 9.13 Å². The average molecular weight is 702 g/mol. The van der Waals surface area contributed by atoms with Crippen molar-refractivity contribution in [1.82, 2.24) is 9.13 Å². The van der Waals surface area contributed by atoms with Crippen LogP contribution in [-0.2, 0) is 0 Å². The van der Waals surface area contributed by atoms with Crippen molar-refractivity contribution in [2.24, 2.45) is 4.99 Å². The van der Waals surface area contributed by atoms with Crippen LogP contribution in [0.15, 0.2) is 67.9 Å². The molecule has 0 bridgehead atoms. The van der Waals surface area contributed by atoms with E-state index in [2.05, 4.69) is 62.3 Å². The van der Waals surface area contributed by atoms with E-state index < -0.39 is 16.7 Å². The van der Waals surface area contributed by atoms with E-state index in [0.717, 1.165) is 35.1 Å². The van der Waals surface area contributed by atoms with Gasteiger partial charge in [-0.2, -0.15) is 0 Å². The quantitative estimate of drug-likeness (QED) is 0.107. The normalized spacial score (nSPS) is 12.7. The van der Waals surface area contributed by atoms with Gasteiger partial charge in [-0.05, 0) is 71.4 Å². The summed E-state index contributed by atoms with van der Waals surface area (Å²) in [5.41, 5.74) is 3.91. The first-order valence-corrected chi connectivity index (χ1v) is 18.8. The molecule has 272 valence electrons. The SMILES string of the molecule is CCCCN=c1cc2c(=O)n(-c3c(C(C)C)cccc3C(C)C)c(=O)c3c(OCC)cc4c(O)n(-c5c(C(C)C)cccc5C(C)C)c(=O)c1c4c3-2. The molecule has 6 rings (SSSR count). The van der Waals surface area contributed by atoms with Gasteiger partial charge in [0.05, 0.1) is 39.7 Å². The minimum atomic E-state index is -0.522. The molecule has 1 aliphatic heterocycles. The molecule has 0 amide bonds. The summed E-state index contributed by atoms with van der Waals surface area (Å²) < 4.78 is 8.93. The minimum Gasteiger partial charge on any atom is -0.494 e. The number of unbranched alkanes of at least 4 members (excludes halogenated alkanes) is 1. The van der Waals surface area contributed by atoms with Crippen molar-refractivity contribution in [3.05, 3.63) is 107 Å². The summed E-state index contributed by atoms with van der Waals surface area (Å²) in [7, 11) is 0. The first-order chi connectivity index (χ1) is 24.8. The summed E-state index contributed by atoms with van der Waals surface area (Å²) in [6, 6.07) is 15.2. The zero-order valence-electron chi connectivity index (χ0n) is 32.2. The van der Waals surface area contributed by atoms with Gasteiger partial charge in [-0.15, -0.1) is 0 Å². The zero-order chi connectivity index (χ0) is 37.8. The van der Waals surface area contributed by atoms with Gasteiger partial charge in [0.25, 0.3) is 16.7 Å². The van der Waals surface area contributed by atoms with Crippen LogP contribution in [0, 0.1) is 0 Å². The van der Waals surface area contributed by atoms with E-state index >= 15 is 9.59 Å². The molecule has 0 spiro atoms. The molecule has 0 atom stereocenters.